The second kappa shape index (κ2) is 4.54. The number of rotatable bonds is 2. The van der Waals surface area contributed by atoms with Crippen LogP contribution in [0.25, 0.3) is 0 Å². The van der Waals surface area contributed by atoms with Gasteiger partial charge in [-0.3, -0.25) is 9.36 Å². The molecule has 0 spiro atoms. The van der Waals surface area contributed by atoms with Crippen molar-refractivity contribution in [2.45, 2.75) is 6.54 Å². The number of nitrogens with two attached hydrogens (primary N) is 1. The molecule has 0 saturated carbocycles. The Morgan fingerprint density at radius 1 is 1.18 bits per heavy atom. The van der Waals surface area contributed by atoms with E-state index in [9.17, 15) is 4.79 Å². The molecule has 2 N–H and O–H groups in total. The first-order valence-electron chi connectivity index (χ1n) is 5.15. The lowest BCUT2D eigenvalue weighted by atomic mass is 10.2. The Balaban J connectivity index is 2.47. The van der Waals surface area contributed by atoms with E-state index in [2.05, 4.69) is 0 Å². The number of aromatic nitrogens is 1. The molecule has 0 bridgehead atoms. The van der Waals surface area contributed by atoms with Gasteiger partial charge in [-0.25, -0.2) is 0 Å². The normalized spacial score (nSPS) is 9.82. The fourth-order valence-corrected chi connectivity index (χ4v) is 1.62. The number of benzene rings is 1. The van der Waals surface area contributed by atoms with Crippen LogP contribution in [-0.4, -0.2) is 4.57 Å². The molecule has 0 fully saturated rings. The van der Waals surface area contributed by atoms with Crippen molar-refractivity contribution in [3.8, 4) is 6.07 Å². The van der Waals surface area contributed by atoms with Crippen molar-refractivity contribution >= 4 is 5.82 Å². The molecule has 0 unspecified atom stereocenters. The van der Waals surface area contributed by atoms with E-state index in [1.165, 1.54) is 16.7 Å². The number of hydrogen-bond donors (Lipinski definition) is 1. The molecule has 1 aromatic heterocycles. The third-order valence-corrected chi connectivity index (χ3v) is 2.53. The van der Waals surface area contributed by atoms with Crippen LogP contribution in [-0.2, 0) is 6.54 Å². The van der Waals surface area contributed by atoms with Gasteiger partial charge in [0.05, 0.1) is 12.1 Å². The van der Waals surface area contributed by atoms with Crippen molar-refractivity contribution in [2.75, 3.05) is 5.73 Å². The fraction of sp³-hybridized carbons (Fsp3) is 0.0769. The average molecular weight is 225 g/mol. The average Bonchev–Trinajstić information content (AvgIpc) is 2.36. The molecule has 2 rings (SSSR count). The molecule has 2 aromatic rings. The molecule has 1 aromatic carbocycles. The number of pyridine rings is 1. The summed E-state index contributed by atoms with van der Waals surface area (Å²) in [6, 6.07) is 14.3. The summed E-state index contributed by atoms with van der Waals surface area (Å²) in [5, 5.41) is 8.85. The van der Waals surface area contributed by atoms with Gasteiger partial charge in [-0.1, -0.05) is 30.3 Å². The zero-order valence-electron chi connectivity index (χ0n) is 9.13. The summed E-state index contributed by atoms with van der Waals surface area (Å²) in [6.07, 6.45) is 0. The van der Waals surface area contributed by atoms with Gasteiger partial charge in [-0.05, 0) is 11.6 Å². The largest absolute Gasteiger partial charge is 0.384 e. The lowest BCUT2D eigenvalue weighted by Crippen LogP contribution is -2.23. The van der Waals surface area contributed by atoms with Crippen molar-refractivity contribution in [1.82, 2.24) is 4.57 Å². The minimum Gasteiger partial charge on any atom is -0.384 e. The first-order chi connectivity index (χ1) is 8.22. The molecule has 0 amide bonds. The van der Waals surface area contributed by atoms with E-state index in [4.69, 9.17) is 11.0 Å². The van der Waals surface area contributed by atoms with Crippen LogP contribution in [0.3, 0.4) is 0 Å². The predicted molar refractivity (Wildman–Crippen MR) is 65.4 cm³/mol. The molecular formula is C13H11N3O. The standard InChI is InChI=1S/C13H11N3O/c14-8-11-6-7-12(17)16(13(11)15)9-10-4-2-1-3-5-10/h1-7H,9,15H2. The Kier molecular flexibility index (Phi) is 2.93. The van der Waals surface area contributed by atoms with E-state index in [0.29, 0.717) is 12.1 Å². The minimum absolute atomic E-state index is 0.203. The van der Waals surface area contributed by atoms with Crippen LogP contribution in [0.2, 0.25) is 0 Å². The second-order valence-corrected chi connectivity index (χ2v) is 3.65. The smallest absolute Gasteiger partial charge is 0.252 e. The van der Waals surface area contributed by atoms with E-state index in [1.807, 2.05) is 36.4 Å². The Morgan fingerprint density at radius 2 is 1.88 bits per heavy atom. The summed E-state index contributed by atoms with van der Waals surface area (Å²) in [5.74, 6) is 0.212. The van der Waals surface area contributed by atoms with Gasteiger partial charge in [0.2, 0.25) is 0 Å². The van der Waals surface area contributed by atoms with E-state index >= 15 is 0 Å². The van der Waals surface area contributed by atoms with Crippen molar-refractivity contribution in [1.29, 1.82) is 5.26 Å². The highest BCUT2D eigenvalue weighted by atomic mass is 16.1. The van der Waals surface area contributed by atoms with Gasteiger partial charge < -0.3 is 5.73 Å². The van der Waals surface area contributed by atoms with Crippen LogP contribution in [0.1, 0.15) is 11.1 Å². The number of hydrogen-bond acceptors (Lipinski definition) is 3. The molecule has 0 radical (unpaired) electrons. The summed E-state index contributed by atoms with van der Waals surface area (Å²) < 4.78 is 1.40. The first kappa shape index (κ1) is 11.0. The summed E-state index contributed by atoms with van der Waals surface area (Å²) in [7, 11) is 0. The van der Waals surface area contributed by atoms with Gasteiger partial charge in [0, 0.05) is 6.07 Å². The van der Waals surface area contributed by atoms with Crippen molar-refractivity contribution in [3.05, 3.63) is 63.9 Å². The van der Waals surface area contributed by atoms with Crippen LogP contribution in [0.5, 0.6) is 0 Å². The van der Waals surface area contributed by atoms with Crippen molar-refractivity contribution in [3.63, 3.8) is 0 Å². The number of nitriles is 1. The fourth-order valence-electron chi connectivity index (χ4n) is 1.62. The topological polar surface area (TPSA) is 71.8 Å². The molecule has 17 heavy (non-hydrogen) atoms. The van der Waals surface area contributed by atoms with Crippen LogP contribution >= 0.6 is 0 Å². The molecular weight excluding hydrogens is 214 g/mol. The zero-order valence-corrected chi connectivity index (χ0v) is 9.13. The molecule has 0 aliphatic rings. The number of nitrogens with zero attached hydrogens (tertiary/aromatic N) is 2. The quantitative estimate of drug-likeness (QED) is 0.838. The predicted octanol–water partition coefficient (Wildman–Crippen LogP) is 1.35. The number of nitrogen functional groups attached to an aromatic ring is 1. The van der Waals surface area contributed by atoms with E-state index in [-0.39, 0.29) is 11.4 Å². The first-order valence-corrected chi connectivity index (χ1v) is 5.15. The van der Waals surface area contributed by atoms with Gasteiger partial charge in [0.25, 0.3) is 5.56 Å². The Morgan fingerprint density at radius 3 is 2.53 bits per heavy atom. The van der Waals surface area contributed by atoms with Crippen molar-refractivity contribution < 1.29 is 0 Å². The highest BCUT2D eigenvalue weighted by Crippen LogP contribution is 2.09. The lowest BCUT2D eigenvalue weighted by molar-refractivity contribution is 0.770. The van der Waals surface area contributed by atoms with E-state index in [1.54, 1.807) is 0 Å². The van der Waals surface area contributed by atoms with Gasteiger partial charge in [-0.15, -0.1) is 0 Å². The third kappa shape index (κ3) is 2.18. The molecule has 4 heteroatoms. The van der Waals surface area contributed by atoms with Crippen LogP contribution < -0.4 is 11.3 Å². The number of anilines is 1. The monoisotopic (exact) mass is 225 g/mol. The van der Waals surface area contributed by atoms with Gasteiger partial charge >= 0.3 is 0 Å². The maximum atomic E-state index is 11.7. The van der Waals surface area contributed by atoms with Crippen molar-refractivity contribution in [2.24, 2.45) is 0 Å². The summed E-state index contributed by atoms with van der Waals surface area (Å²) in [4.78, 5) is 11.7. The second-order valence-electron chi connectivity index (χ2n) is 3.65. The minimum atomic E-state index is -0.203. The van der Waals surface area contributed by atoms with Crippen LogP contribution in [0.4, 0.5) is 5.82 Å². The van der Waals surface area contributed by atoms with Gasteiger partial charge in [0.1, 0.15) is 11.9 Å². The summed E-state index contributed by atoms with van der Waals surface area (Å²) in [5.41, 5.74) is 6.87. The highest BCUT2D eigenvalue weighted by Gasteiger charge is 2.06. The van der Waals surface area contributed by atoms with E-state index in [0.717, 1.165) is 5.56 Å². The molecule has 0 aliphatic heterocycles. The summed E-state index contributed by atoms with van der Waals surface area (Å²) >= 11 is 0. The lowest BCUT2D eigenvalue weighted by Gasteiger charge is -2.10. The van der Waals surface area contributed by atoms with Gasteiger partial charge in [-0.2, -0.15) is 5.26 Å². The molecule has 4 nitrogen and oxygen atoms in total. The third-order valence-electron chi connectivity index (χ3n) is 2.53. The van der Waals surface area contributed by atoms with E-state index < -0.39 is 0 Å². The molecule has 1 heterocycles. The summed E-state index contributed by atoms with van der Waals surface area (Å²) in [6.45, 7) is 0.376. The maximum absolute atomic E-state index is 11.7. The Bertz CT molecular complexity index is 623. The molecule has 0 atom stereocenters. The Hall–Kier alpha value is -2.54. The zero-order chi connectivity index (χ0) is 12.3. The van der Waals surface area contributed by atoms with Crippen LogP contribution in [0, 0.1) is 11.3 Å². The van der Waals surface area contributed by atoms with Crippen LogP contribution in [0.15, 0.2) is 47.3 Å². The molecule has 0 aliphatic carbocycles. The highest BCUT2D eigenvalue weighted by molar-refractivity contribution is 5.48. The van der Waals surface area contributed by atoms with Gasteiger partial charge in [0.15, 0.2) is 0 Å². The Labute approximate surface area is 98.5 Å². The molecule has 84 valence electrons. The molecule has 0 saturated heterocycles. The SMILES string of the molecule is N#Cc1ccc(=O)n(Cc2ccccc2)c1N. The maximum Gasteiger partial charge on any atom is 0.252 e.